The summed E-state index contributed by atoms with van der Waals surface area (Å²) in [5.41, 5.74) is 2.68. The summed E-state index contributed by atoms with van der Waals surface area (Å²) in [5, 5.41) is 8.44. The van der Waals surface area contributed by atoms with Crippen molar-refractivity contribution in [2.75, 3.05) is 0 Å². The third kappa shape index (κ3) is 3.68. The first-order valence-corrected chi connectivity index (χ1v) is 9.33. The maximum absolute atomic E-state index is 12.7. The Kier molecular flexibility index (Phi) is 4.79. The van der Waals surface area contributed by atoms with Gasteiger partial charge in [0.2, 0.25) is 0 Å². The molecule has 0 bridgehead atoms. The molecule has 25 heavy (non-hydrogen) atoms. The van der Waals surface area contributed by atoms with Crippen molar-refractivity contribution >= 4 is 33.3 Å². The lowest BCUT2D eigenvalue weighted by molar-refractivity contribution is -0.124. The van der Waals surface area contributed by atoms with E-state index in [1.807, 2.05) is 12.1 Å². The summed E-state index contributed by atoms with van der Waals surface area (Å²) in [6.07, 6.45) is 6.92. The molecule has 0 aliphatic heterocycles. The minimum atomic E-state index is -3.73. The molecule has 3 aromatic rings. The number of nitrogens with zero attached hydrogens (tertiary/aromatic N) is 2. The lowest BCUT2D eigenvalue weighted by atomic mass is 10.3. The summed E-state index contributed by atoms with van der Waals surface area (Å²) in [6, 6.07) is 10.2. The van der Waals surface area contributed by atoms with Gasteiger partial charge in [0, 0.05) is 24.7 Å². The standard InChI is InChI=1S/C16H13N3O4S2/c20-15(18-21)6-4-12-8-10-19(11-12)25(22,23)16-7-5-14(24-16)13-3-1-2-9-17-13/h1-11,21H,(H,18,20)/b6-4+. The quantitative estimate of drug-likeness (QED) is 0.405. The van der Waals surface area contributed by atoms with Crippen molar-refractivity contribution in [3.8, 4) is 10.6 Å². The summed E-state index contributed by atoms with van der Waals surface area (Å²) in [6.45, 7) is 0. The first-order chi connectivity index (χ1) is 12.0. The Morgan fingerprint density at radius 2 is 2.08 bits per heavy atom. The number of hydrogen-bond acceptors (Lipinski definition) is 6. The SMILES string of the molecule is O=C(/C=C/c1ccn(S(=O)(=O)c2ccc(-c3ccccn3)s2)c1)NO. The van der Waals surface area contributed by atoms with Crippen molar-refractivity contribution < 1.29 is 18.4 Å². The number of hydroxylamine groups is 1. The molecule has 3 rings (SSSR count). The third-order valence-electron chi connectivity index (χ3n) is 3.26. The van der Waals surface area contributed by atoms with Gasteiger partial charge >= 0.3 is 0 Å². The highest BCUT2D eigenvalue weighted by molar-refractivity contribution is 7.92. The summed E-state index contributed by atoms with van der Waals surface area (Å²) in [5.74, 6) is -0.700. The van der Waals surface area contributed by atoms with E-state index in [0.29, 0.717) is 11.3 Å². The van der Waals surface area contributed by atoms with Crippen LogP contribution in [0.15, 0.2) is 65.3 Å². The van der Waals surface area contributed by atoms with Crippen LogP contribution < -0.4 is 5.48 Å². The highest BCUT2D eigenvalue weighted by atomic mass is 32.2. The second-order valence-electron chi connectivity index (χ2n) is 4.92. The van der Waals surface area contributed by atoms with Gasteiger partial charge in [-0.2, -0.15) is 8.42 Å². The number of thiophene rings is 1. The molecule has 0 fully saturated rings. The van der Waals surface area contributed by atoms with Gasteiger partial charge < -0.3 is 0 Å². The fourth-order valence-corrected chi connectivity index (χ4v) is 4.65. The molecule has 0 saturated heterocycles. The largest absolute Gasteiger partial charge is 0.288 e. The number of aromatic nitrogens is 2. The third-order valence-corrected chi connectivity index (χ3v) is 6.47. The average molecular weight is 375 g/mol. The van der Waals surface area contributed by atoms with Crippen molar-refractivity contribution in [3.63, 3.8) is 0 Å². The number of pyridine rings is 1. The van der Waals surface area contributed by atoms with Crippen LogP contribution in [0.1, 0.15) is 5.56 Å². The van der Waals surface area contributed by atoms with Crippen LogP contribution in [0, 0.1) is 0 Å². The molecule has 0 atom stereocenters. The van der Waals surface area contributed by atoms with Crippen molar-refractivity contribution in [1.82, 2.24) is 14.4 Å². The number of hydrogen-bond donors (Lipinski definition) is 2. The first kappa shape index (κ1) is 17.1. The monoisotopic (exact) mass is 375 g/mol. The molecule has 0 radical (unpaired) electrons. The highest BCUT2D eigenvalue weighted by Crippen LogP contribution is 2.30. The molecule has 3 aromatic heterocycles. The molecular weight excluding hydrogens is 362 g/mol. The van der Waals surface area contributed by atoms with Gasteiger partial charge in [-0.15, -0.1) is 11.3 Å². The van der Waals surface area contributed by atoms with E-state index < -0.39 is 15.9 Å². The molecule has 0 saturated carbocycles. The van der Waals surface area contributed by atoms with Crippen molar-refractivity contribution in [1.29, 1.82) is 0 Å². The Labute approximate surface area is 147 Å². The number of nitrogens with one attached hydrogen (secondary N) is 1. The molecule has 7 nitrogen and oxygen atoms in total. The minimum Gasteiger partial charge on any atom is -0.288 e. The Bertz CT molecular complexity index is 1020. The van der Waals surface area contributed by atoms with Crippen LogP contribution in [-0.4, -0.2) is 28.5 Å². The van der Waals surface area contributed by atoms with E-state index in [9.17, 15) is 13.2 Å². The van der Waals surface area contributed by atoms with Gasteiger partial charge in [-0.25, -0.2) is 9.45 Å². The predicted octanol–water partition coefficient (Wildman–Crippen LogP) is 2.37. The summed E-state index contributed by atoms with van der Waals surface area (Å²) in [4.78, 5) is 15.9. The second-order valence-corrected chi connectivity index (χ2v) is 8.08. The highest BCUT2D eigenvalue weighted by Gasteiger charge is 2.19. The van der Waals surface area contributed by atoms with Gasteiger partial charge in [-0.05, 0) is 42.0 Å². The zero-order valence-corrected chi connectivity index (χ0v) is 14.4. The maximum Gasteiger partial charge on any atom is 0.277 e. The van der Waals surface area contributed by atoms with Gasteiger partial charge in [0.15, 0.2) is 0 Å². The number of amides is 1. The summed E-state index contributed by atoms with van der Waals surface area (Å²) in [7, 11) is -3.73. The minimum absolute atomic E-state index is 0.187. The van der Waals surface area contributed by atoms with E-state index in [4.69, 9.17) is 5.21 Å². The fraction of sp³-hybridized carbons (Fsp3) is 0. The Balaban J connectivity index is 1.88. The van der Waals surface area contributed by atoms with Gasteiger partial charge in [0.05, 0.1) is 10.6 Å². The van der Waals surface area contributed by atoms with Crippen LogP contribution in [-0.2, 0) is 14.8 Å². The number of carbonyl (C=O) groups excluding carboxylic acids is 1. The van der Waals surface area contributed by atoms with Crippen LogP contribution in [0.5, 0.6) is 0 Å². The number of rotatable bonds is 5. The Morgan fingerprint density at radius 1 is 1.24 bits per heavy atom. The van der Waals surface area contributed by atoms with Gasteiger partial charge in [0.25, 0.3) is 15.9 Å². The Hall–Kier alpha value is -2.75. The van der Waals surface area contributed by atoms with Crippen LogP contribution in [0.3, 0.4) is 0 Å². The van der Waals surface area contributed by atoms with E-state index in [0.717, 1.165) is 26.3 Å². The topological polar surface area (TPSA) is 101 Å². The molecule has 0 aliphatic carbocycles. The molecule has 0 aliphatic rings. The van der Waals surface area contributed by atoms with Gasteiger partial charge in [-0.3, -0.25) is 15.0 Å². The molecule has 128 valence electrons. The molecule has 0 aromatic carbocycles. The molecule has 0 unspecified atom stereocenters. The van der Waals surface area contributed by atoms with Crippen molar-refractivity contribution in [2.24, 2.45) is 0 Å². The summed E-state index contributed by atoms with van der Waals surface area (Å²) < 4.78 is 26.7. The fourth-order valence-electron chi connectivity index (χ4n) is 2.06. The van der Waals surface area contributed by atoms with E-state index in [1.165, 1.54) is 23.9 Å². The van der Waals surface area contributed by atoms with Crippen LogP contribution in [0.25, 0.3) is 16.6 Å². The van der Waals surface area contributed by atoms with Crippen LogP contribution in [0.2, 0.25) is 0 Å². The van der Waals surface area contributed by atoms with E-state index in [2.05, 4.69) is 4.98 Å². The Morgan fingerprint density at radius 3 is 2.80 bits per heavy atom. The van der Waals surface area contributed by atoms with Crippen LogP contribution >= 0.6 is 11.3 Å². The second kappa shape index (κ2) is 7.01. The zero-order valence-electron chi connectivity index (χ0n) is 12.7. The van der Waals surface area contributed by atoms with Crippen LogP contribution in [0.4, 0.5) is 0 Å². The lowest BCUT2D eigenvalue weighted by Crippen LogP contribution is -2.14. The predicted molar refractivity (Wildman–Crippen MR) is 93.5 cm³/mol. The molecular formula is C16H13N3O4S2. The van der Waals surface area contributed by atoms with Crippen molar-refractivity contribution in [3.05, 3.63) is 66.6 Å². The summed E-state index contributed by atoms with van der Waals surface area (Å²) >= 11 is 1.13. The van der Waals surface area contributed by atoms with Crippen molar-refractivity contribution in [2.45, 2.75) is 4.21 Å². The first-order valence-electron chi connectivity index (χ1n) is 7.07. The maximum atomic E-state index is 12.7. The molecule has 3 heterocycles. The average Bonchev–Trinajstić information content (AvgIpc) is 3.30. The molecule has 0 spiro atoms. The van der Waals surface area contributed by atoms with E-state index >= 15 is 0 Å². The van der Waals surface area contributed by atoms with Gasteiger partial charge in [-0.1, -0.05) is 6.07 Å². The van der Waals surface area contributed by atoms with E-state index in [1.54, 1.807) is 30.5 Å². The molecule has 1 amide bonds. The normalized spacial score (nSPS) is 11.7. The van der Waals surface area contributed by atoms with E-state index in [-0.39, 0.29) is 4.21 Å². The van der Waals surface area contributed by atoms with Gasteiger partial charge in [0.1, 0.15) is 4.21 Å². The number of carbonyl (C=O) groups is 1. The lowest BCUT2D eigenvalue weighted by Gasteiger charge is -2.02. The zero-order chi connectivity index (χ0) is 17.9. The molecule has 2 N–H and O–H groups in total. The smallest absolute Gasteiger partial charge is 0.277 e. The molecule has 9 heteroatoms.